The van der Waals surface area contributed by atoms with Gasteiger partial charge in [0.1, 0.15) is 0 Å². The Morgan fingerprint density at radius 3 is 2.28 bits per heavy atom. The summed E-state index contributed by atoms with van der Waals surface area (Å²) in [5, 5.41) is 8.77. The third kappa shape index (κ3) is 3.16. The minimum absolute atomic E-state index is 0.319. The Labute approximate surface area is 148 Å². The van der Waals surface area contributed by atoms with Crippen LogP contribution in [0.5, 0.6) is 0 Å². The maximum atomic E-state index is 4.43. The van der Waals surface area contributed by atoms with E-state index in [1.165, 1.54) is 27.8 Å². The lowest BCUT2D eigenvalue weighted by Crippen LogP contribution is -2.03. The molecule has 25 heavy (non-hydrogen) atoms. The van der Waals surface area contributed by atoms with Crippen molar-refractivity contribution in [3.05, 3.63) is 107 Å². The van der Waals surface area contributed by atoms with Gasteiger partial charge in [0.05, 0.1) is 12.2 Å². The lowest BCUT2D eigenvalue weighted by atomic mass is 9.86. The molecule has 0 N–H and O–H groups in total. The van der Waals surface area contributed by atoms with Gasteiger partial charge in [0.15, 0.2) is 0 Å². The van der Waals surface area contributed by atoms with Crippen LogP contribution >= 0.6 is 0 Å². The molecule has 0 bridgehead atoms. The fraction of sp³-hybridized carbons (Fsp3) is 0.130. The standard InChI is InChI=1S/C23H20N2/c1-17-15-18-9-5-7-13-21(18)23(17)22-14-8-6-10-19(22)16-24-25-20-11-3-2-4-12-20/h2-15,23H,16H2,1H3. The summed E-state index contributed by atoms with van der Waals surface area (Å²) in [6, 6.07) is 27.1. The number of benzene rings is 3. The summed E-state index contributed by atoms with van der Waals surface area (Å²) >= 11 is 0. The van der Waals surface area contributed by atoms with E-state index in [4.69, 9.17) is 0 Å². The largest absolute Gasteiger partial charge is 0.184 e. The van der Waals surface area contributed by atoms with Crippen LogP contribution in [-0.2, 0) is 6.54 Å². The Hall–Kier alpha value is -3.00. The van der Waals surface area contributed by atoms with Gasteiger partial charge in [-0.15, -0.1) is 0 Å². The second-order valence-corrected chi connectivity index (χ2v) is 6.38. The van der Waals surface area contributed by atoms with Gasteiger partial charge in [0.2, 0.25) is 0 Å². The number of hydrogen-bond donors (Lipinski definition) is 0. The maximum absolute atomic E-state index is 4.43. The molecule has 0 radical (unpaired) electrons. The van der Waals surface area contributed by atoms with Crippen molar-refractivity contribution in [2.45, 2.75) is 19.4 Å². The second kappa shape index (κ2) is 6.86. The van der Waals surface area contributed by atoms with Crippen molar-refractivity contribution in [3.63, 3.8) is 0 Å². The molecule has 0 spiro atoms. The van der Waals surface area contributed by atoms with Crippen LogP contribution in [0, 0.1) is 0 Å². The van der Waals surface area contributed by atoms with Crippen molar-refractivity contribution in [1.82, 2.24) is 0 Å². The minimum atomic E-state index is 0.319. The first-order valence-electron chi connectivity index (χ1n) is 8.60. The summed E-state index contributed by atoms with van der Waals surface area (Å²) in [7, 11) is 0. The number of fused-ring (bicyclic) bond motifs is 1. The normalized spacial score (nSPS) is 16.0. The first-order chi connectivity index (χ1) is 12.3. The van der Waals surface area contributed by atoms with Gasteiger partial charge in [-0.05, 0) is 41.3 Å². The molecule has 2 heteroatoms. The van der Waals surface area contributed by atoms with Crippen LogP contribution in [0.1, 0.15) is 35.1 Å². The summed E-state index contributed by atoms with van der Waals surface area (Å²) < 4.78 is 0. The van der Waals surface area contributed by atoms with E-state index in [-0.39, 0.29) is 0 Å². The van der Waals surface area contributed by atoms with Crippen LogP contribution in [0.4, 0.5) is 5.69 Å². The van der Waals surface area contributed by atoms with Crippen LogP contribution in [0.3, 0.4) is 0 Å². The molecule has 1 unspecified atom stereocenters. The quantitative estimate of drug-likeness (QED) is 0.488. The van der Waals surface area contributed by atoms with E-state index >= 15 is 0 Å². The predicted molar refractivity (Wildman–Crippen MR) is 103 cm³/mol. The molecule has 3 aromatic carbocycles. The first-order valence-corrected chi connectivity index (χ1v) is 8.60. The van der Waals surface area contributed by atoms with Gasteiger partial charge in [-0.25, -0.2) is 0 Å². The molecule has 0 saturated heterocycles. The van der Waals surface area contributed by atoms with Crippen LogP contribution in [0.15, 0.2) is 94.7 Å². The van der Waals surface area contributed by atoms with E-state index in [2.05, 4.69) is 71.8 Å². The SMILES string of the molecule is CC1=Cc2ccccc2C1c1ccccc1CN=Nc1ccccc1. The third-order valence-electron chi connectivity index (χ3n) is 4.70. The summed E-state index contributed by atoms with van der Waals surface area (Å²) in [4.78, 5) is 0. The number of rotatable bonds is 4. The molecule has 0 saturated carbocycles. The molecule has 0 aromatic heterocycles. The molecular formula is C23H20N2. The van der Waals surface area contributed by atoms with Crippen molar-refractivity contribution in [3.8, 4) is 0 Å². The summed E-state index contributed by atoms with van der Waals surface area (Å²) in [6.07, 6.45) is 2.29. The minimum Gasteiger partial charge on any atom is -0.184 e. The van der Waals surface area contributed by atoms with E-state index in [0.717, 1.165) is 5.69 Å². The number of allylic oxidation sites excluding steroid dienone is 1. The van der Waals surface area contributed by atoms with Gasteiger partial charge < -0.3 is 0 Å². The van der Waals surface area contributed by atoms with Gasteiger partial charge in [-0.2, -0.15) is 10.2 Å². The van der Waals surface area contributed by atoms with Crippen LogP contribution in [-0.4, -0.2) is 0 Å². The van der Waals surface area contributed by atoms with Crippen molar-refractivity contribution in [1.29, 1.82) is 0 Å². The average Bonchev–Trinajstić information content (AvgIpc) is 2.99. The molecule has 0 heterocycles. The zero-order valence-electron chi connectivity index (χ0n) is 14.3. The Morgan fingerprint density at radius 1 is 0.760 bits per heavy atom. The van der Waals surface area contributed by atoms with Crippen molar-refractivity contribution >= 4 is 11.8 Å². The van der Waals surface area contributed by atoms with Crippen LogP contribution in [0.2, 0.25) is 0 Å². The van der Waals surface area contributed by atoms with Crippen LogP contribution in [0.25, 0.3) is 6.08 Å². The summed E-state index contributed by atoms with van der Waals surface area (Å²) in [5.41, 5.74) is 7.54. The Balaban J connectivity index is 1.64. The zero-order chi connectivity index (χ0) is 17.1. The van der Waals surface area contributed by atoms with Gasteiger partial charge in [0, 0.05) is 5.92 Å². The third-order valence-corrected chi connectivity index (χ3v) is 4.70. The van der Waals surface area contributed by atoms with Gasteiger partial charge in [0.25, 0.3) is 0 Å². The number of azo groups is 1. The molecule has 0 amide bonds. The second-order valence-electron chi connectivity index (χ2n) is 6.38. The fourth-order valence-corrected chi connectivity index (χ4v) is 3.54. The van der Waals surface area contributed by atoms with E-state index in [1.807, 2.05) is 30.3 Å². The highest BCUT2D eigenvalue weighted by atomic mass is 15.1. The summed E-state index contributed by atoms with van der Waals surface area (Å²) in [5.74, 6) is 0.319. The molecule has 2 nitrogen and oxygen atoms in total. The predicted octanol–water partition coefficient (Wildman–Crippen LogP) is 6.52. The first kappa shape index (κ1) is 15.5. The number of hydrogen-bond acceptors (Lipinski definition) is 2. The Kier molecular flexibility index (Phi) is 4.26. The van der Waals surface area contributed by atoms with Crippen LogP contribution < -0.4 is 0 Å². The molecule has 122 valence electrons. The molecular weight excluding hydrogens is 304 g/mol. The van der Waals surface area contributed by atoms with Gasteiger partial charge in [-0.3, -0.25) is 0 Å². The molecule has 1 aliphatic carbocycles. The van der Waals surface area contributed by atoms with E-state index in [1.54, 1.807) is 0 Å². The highest BCUT2D eigenvalue weighted by Gasteiger charge is 2.25. The monoisotopic (exact) mass is 324 g/mol. The average molecular weight is 324 g/mol. The van der Waals surface area contributed by atoms with E-state index < -0.39 is 0 Å². The van der Waals surface area contributed by atoms with E-state index in [9.17, 15) is 0 Å². The van der Waals surface area contributed by atoms with Gasteiger partial charge >= 0.3 is 0 Å². The Morgan fingerprint density at radius 2 is 1.44 bits per heavy atom. The molecule has 0 aliphatic heterocycles. The maximum Gasteiger partial charge on any atom is 0.0856 e. The highest BCUT2D eigenvalue weighted by molar-refractivity contribution is 5.69. The fourth-order valence-electron chi connectivity index (χ4n) is 3.54. The molecule has 0 fully saturated rings. The lowest BCUT2D eigenvalue weighted by molar-refractivity contribution is 0.895. The lowest BCUT2D eigenvalue weighted by Gasteiger charge is -2.18. The zero-order valence-corrected chi connectivity index (χ0v) is 14.3. The number of nitrogens with zero attached hydrogens (tertiary/aromatic N) is 2. The molecule has 1 aliphatic rings. The van der Waals surface area contributed by atoms with Crippen molar-refractivity contribution < 1.29 is 0 Å². The smallest absolute Gasteiger partial charge is 0.0856 e. The molecule has 1 atom stereocenters. The topological polar surface area (TPSA) is 24.7 Å². The molecule has 4 rings (SSSR count). The van der Waals surface area contributed by atoms with Crippen molar-refractivity contribution in [2.75, 3.05) is 0 Å². The van der Waals surface area contributed by atoms with Crippen molar-refractivity contribution in [2.24, 2.45) is 10.2 Å². The van der Waals surface area contributed by atoms with Gasteiger partial charge in [-0.1, -0.05) is 78.4 Å². The van der Waals surface area contributed by atoms with E-state index in [0.29, 0.717) is 12.5 Å². The summed E-state index contributed by atoms with van der Waals surface area (Å²) in [6.45, 7) is 2.81. The Bertz CT molecular complexity index is 939. The highest BCUT2D eigenvalue weighted by Crippen LogP contribution is 2.41. The molecule has 3 aromatic rings.